The molecule has 1 saturated heterocycles. The monoisotopic (exact) mass is 292 g/mol. The Morgan fingerprint density at radius 1 is 1.57 bits per heavy atom. The Balaban J connectivity index is 2.15. The van der Waals surface area contributed by atoms with Crippen molar-refractivity contribution in [3.8, 4) is 0 Å². The van der Waals surface area contributed by atoms with Gasteiger partial charge in [-0.05, 0) is 31.5 Å². The first-order valence-corrected chi connectivity index (χ1v) is 7.04. The quantitative estimate of drug-likeness (QED) is 0.608. The van der Waals surface area contributed by atoms with E-state index < -0.39 is 4.92 Å². The van der Waals surface area contributed by atoms with E-state index in [2.05, 4.69) is 10.2 Å². The lowest BCUT2D eigenvalue weighted by atomic mass is 10.1. The summed E-state index contributed by atoms with van der Waals surface area (Å²) in [6.07, 6.45) is 0.751. The lowest BCUT2D eigenvalue weighted by Gasteiger charge is -2.18. The third kappa shape index (κ3) is 3.69. The van der Waals surface area contributed by atoms with Crippen LogP contribution in [0.4, 0.5) is 11.4 Å². The topological polar surface area (TPSA) is 102 Å². The van der Waals surface area contributed by atoms with E-state index in [1.165, 1.54) is 6.07 Å². The number of nitrogens with two attached hydrogens (primary N) is 1. The van der Waals surface area contributed by atoms with Gasteiger partial charge in [-0.3, -0.25) is 19.8 Å². The number of nitro benzene ring substituents is 1. The summed E-state index contributed by atoms with van der Waals surface area (Å²) in [4.78, 5) is 23.8. The molecule has 1 aromatic carbocycles. The molecule has 1 atom stereocenters. The van der Waals surface area contributed by atoms with Crippen LogP contribution >= 0.6 is 0 Å². The van der Waals surface area contributed by atoms with Crippen molar-refractivity contribution in [2.75, 3.05) is 25.0 Å². The minimum absolute atomic E-state index is 0.0808. The largest absolute Gasteiger partial charge is 0.385 e. The van der Waals surface area contributed by atoms with Crippen LogP contribution in [0, 0.1) is 16.0 Å². The van der Waals surface area contributed by atoms with Gasteiger partial charge >= 0.3 is 0 Å². The highest BCUT2D eigenvalue weighted by atomic mass is 16.6. The Hall–Kier alpha value is -2.15. The molecule has 7 nitrogen and oxygen atoms in total. The molecule has 1 amide bonds. The van der Waals surface area contributed by atoms with E-state index >= 15 is 0 Å². The standard InChI is InChI=1S/C14H20N4O3/c1-2-16-13-4-3-12(18(20)21)7-11(13)9-17-6-5-10(8-17)14(15)19/h3-4,7,10,16H,2,5-6,8-9H2,1H3,(H2,15,19). The molecular weight excluding hydrogens is 272 g/mol. The number of hydrogen-bond acceptors (Lipinski definition) is 5. The summed E-state index contributed by atoms with van der Waals surface area (Å²) >= 11 is 0. The van der Waals surface area contributed by atoms with Crippen molar-refractivity contribution in [1.82, 2.24) is 4.90 Å². The summed E-state index contributed by atoms with van der Waals surface area (Å²) in [6, 6.07) is 4.83. The predicted octanol–water partition coefficient (Wildman–Crippen LogP) is 1.33. The van der Waals surface area contributed by atoms with Crippen molar-refractivity contribution in [1.29, 1.82) is 0 Å². The maximum absolute atomic E-state index is 11.2. The average molecular weight is 292 g/mol. The fourth-order valence-corrected chi connectivity index (χ4v) is 2.64. The second kappa shape index (κ2) is 6.53. The lowest BCUT2D eigenvalue weighted by Crippen LogP contribution is -2.27. The van der Waals surface area contributed by atoms with E-state index in [0.29, 0.717) is 13.1 Å². The number of anilines is 1. The van der Waals surface area contributed by atoms with Gasteiger partial charge in [0.1, 0.15) is 0 Å². The Morgan fingerprint density at radius 3 is 2.90 bits per heavy atom. The predicted molar refractivity (Wildman–Crippen MR) is 79.8 cm³/mol. The van der Waals surface area contributed by atoms with Gasteiger partial charge in [0.05, 0.1) is 10.8 Å². The molecule has 114 valence electrons. The Labute approximate surface area is 123 Å². The molecule has 0 aliphatic carbocycles. The number of primary amides is 1. The maximum atomic E-state index is 11.2. The number of amides is 1. The number of likely N-dealkylation sites (tertiary alicyclic amines) is 1. The highest BCUT2D eigenvalue weighted by Crippen LogP contribution is 2.26. The Morgan fingerprint density at radius 2 is 2.33 bits per heavy atom. The van der Waals surface area contributed by atoms with E-state index in [0.717, 1.165) is 30.8 Å². The molecule has 1 aliphatic heterocycles. The van der Waals surface area contributed by atoms with Gasteiger partial charge in [0.25, 0.3) is 5.69 Å². The van der Waals surface area contributed by atoms with Crippen molar-refractivity contribution >= 4 is 17.3 Å². The van der Waals surface area contributed by atoms with Crippen LogP contribution in [0.2, 0.25) is 0 Å². The minimum Gasteiger partial charge on any atom is -0.385 e. The van der Waals surface area contributed by atoms with E-state index in [1.54, 1.807) is 12.1 Å². The molecule has 1 fully saturated rings. The van der Waals surface area contributed by atoms with Gasteiger partial charge in [-0.2, -0.15) is 0 Å². The van der Waals surface area contributed by atoms with Crippen molar-refractivity contribution < 1.29 is 9.72 Å². The molecule has 7 heteroatoms. The zero-order valence-electron chi connectivity index (χ0n) is 12.0. The number of nitro groups is 1. The molecule has 21 heavy (non-hydrogen) atoms. The molecule has 1 aliphatic rings. The molecule has 1 heterocycles. The van der Waals surface area contributed by atoms with Crippen LogP contribution in [-0.2, 0) is 11.3 Å². The fraction of sp³-hybridized carbons (Fsp3) is 0.500. The summed E-state index contributed by atoms with van der Waals surface area (Å²) in [5.74, 6) is -0.394. The van der Waals surface area contributed by atoms with Gasteiger partial charge in [0.2, 0.25) is 5.91 Å². The number of carbonyl (C=O) groups excluding carboxylic acids is 1. The van der Waals surface area contributed by atoms with Crippen molar-refractivity contribution in [3.63, 3.8) is 0 Å². The number of nitrogens with zero attached hydrogens (tertiary/aromatic N) is 2. The van der Waals surface area contributed by atoms with Gasteiger partial charge in [-0.1, -0.05) is 0 Å². The van der Waals surface area contributed by atoms with Crippen LogP contribution in [-0.4, -0.2) is 35.4 Å². The molecule has 1 aromatic rings. The first-order valence-electron chi connectivity index (χ1n) is 7.04. The highest BCUT2D eigenvalue weighted by Gasteiger charge is 2.27. The van der Waals surface area contributed by atoms with Crippen molar-refractivity contribution in [3.05, 3.63) is 33.9 Å². The lowest BCUT2D eigenvalue weighted by molar-refractivity contribution is -0.384. The average Bonchev–Trinajstić information content (AvgIpc) is 2.89. The normalized spacial score (nSPS) is 18.6. The smallest absolute Gasteiger partial charge is 0.269 e. The van der Waals surface area contributed by atoms with Crippen molar-refractivity contribution in [2.45, 2.75) is 19.9 Å². The van der Waals surface area contributed by atoms with Crippen LogP contribution in [0.15, 0.2) is 18.2 Å². The second-order valence-corrected chi connectivity index (χ2v) is 5.25. The van der Waals surface area contributed by atoms with Gasteiger partial charge in [0, 0.05) is 37.5 Å². The maximum Gasteiger partial charge on any atom is 0.269 e. The van der Waals surface area contributed by atoms with E-state index in [4.69, 9.17) is 5.73 Å². The van der Waals surface area contributed by atoms with E-state index in [9.17, 15) is 14.9 Å². The molecule has 3 N–H and O–H groups in total. The number of nitrogens with one attached hydrogen (secondary N) is 1. The number of non-ortho nitro benzene ring substituents is 1. The molecule has 0 aromatic heterocycles. The van der Waals surface area contributed by atoms with Crippen LogP contribution in [0.5, 0.6) is 0 Å². The SMILES string of the molecule is CCNc1ccc([N+](=O)[O-])cc1CN1CCC(C(N)=O)C1. The molecule has 0 radical (unpaired) electrons. The molecule has 0 bridgehead atoms. The second-order valence-electron chi connectivity index (χ2n) is 5.25. The van der Waals surface area contributed by atoms with Crippen LogP contribution < -0.4 is 11.1 Å². The number of benzene rings is 1. The fourth-order valence-electron chi connectivity index (χ4n) is 2.64. The first kappa shape index (κ1) is 15.2. The number of rotatable bonds is 6. The van der Waals surface area contributed by atoms with Crippen LogP contribution in [0.1, 0.15) is 18.9 Å². The zero-order chi connectivity index (χ0) is 15.4. The summed E-state index contributed by atoms with van der Waals surface area (Å²) in [7, 11) is 0. The molecule has 0 spiro atoms. The molecule has 0 saturated carbocycles. The van der Waals surface area contributed by atoms with Crippen LogP contribution in [0.25, 0.3) is 0 Å². The summed E-state index contributed by atoms with van der Waals surface area (Å²) in [6.45, 7) is 4.69. The molecule has 1 unspecified atom stereocenters. The first-order chi connectivity index (χ1) is 10.0. The summed E-state index contributed by atoms with van der Waals surface area (Å²) in [5, 5.41) is 14.1. The van der Waals surface area contributed by atoms with Crippen molar-refractivity contribution in [2.24, 2.45) is 11.7 Å². The van der Waals surface area contributed by atoms with Gasteiger partial charge < -0.3 is 11.1 Å². The highest BCUT2D eigenvalue weighted by molar-refractivity contribution is 5.77. The summed E-state index contributed by atoms with van der Waals surface area (Å²) < 4.78 is 0. The minimum atomic E-state index is -0.393. The summed E-state index contributed by atoms with van der Waals surface area (Å²) in [5.41, 5.74) is 7.17. The van der Waals surface area contributed by atoms with Gasteiger partial charge in [-0.25, -0.2) is 0 Å². The molecular formula is C14H20N4O3. The number of hydrogen-bond donors (Lipinski definition) is 2. The Bertz CT molecular complexity index is 547. The number of carbonyl (C=O) groups is 1. The molecule has 2 rings (SSSR count). The third-order valence-corrected chi connectivity index (χ3v) is 3.74. The zero-order valence-corrected chi connectivity index (χ0v) is 12.0. The van der Waals surface area contributed by atoms with Gasteiger partial charge in [0.15, 0.2) is 0 Å². The van der Waals surface area contributed by atoms with Gasteiger partial charge in [-0.15, -0.1) is 0 Å². The third-order valence-electron chi connectivity index (χ3n) is 3.74. The van der Waals surface area contributed by atoms with E-state index in [1.807, 2.05) is 6.92 Å². The Kier molecular flexibility index (Phi) is 4.74. The van der Waals surface area contributed by atoms with E-state index in [-0.39, 0.29) is 17.5 Å². The van der Waals surface area contributed by atoms with Crippen LogP contribution in [0.3, 0.4) is 0 Å².